The lowest BCUT2D eigenvalue weighted by Gasteiger charge is -2.15. The normalized spacial score (nSPS) is 10.6. The number of nitrogens with one attached hydrogen (secondary N) is 1. The van der Waals surface area contributed by atoms with Crippen molar-refractivity contribution in [3.8, 4) is 0 Å². The Bertz CT molecular complexity index is 587. The van der Waals surface area contributed by atoms with Crippen LogP contribution in [0, 0.1) is 10.1 Å². The van der Waals surface area contributed by atoms with Crippen molar-refractivity contribution in [1.82, 2.24) is 10.4 Å². The van der Waals surface area contributed by atoms with Crippen LogP contribution in [-0.2, 0) is 9.47 Å². The molecule has 9 nitrogen and oxygen atoms in total. The Kier molecular flexibility index (Phi) is 7.05. The van der Waals surface area contributed by atoms with Crippen LogP contribution in [0.15, 0.2) is 36.2 Å². The van der Waals surface area contributed by atoms with Crippen LogP contribution in [-0.4, -0.2) is 35.3 Å². The maximum Gasteiger partial charge on any atom is 0.531 e. The van der Waals surface area contributed by atoms with Crippen LogP contribution in [0.4, 0.5) is 9.59 Å². The lowest BCUT2D eigenvalue weighted by atomic mass is 10.2. The molecule has 0 fully saturated rings. The number of hydrogen-bond acceptors (Lipinski definition) is 6. The van der Waals surface area contributed by atoms with Gasteiger partial charge < -0.3 is 19.6 Å². The third kappa shape index (κ3) is 5.65. The van der Waals surface area contributed by atoms with E-state index >= 15 is 0 Å². The highest BCUT2D eigenvalue weighted by Crippen LogP contribution is 2.12. The van der Waals surface area contributed by atoms with Crippen molar-refractivity contribution in [3.05, 3.63) is 51.8 Å². The average Bonchev–Trinajstić information content (AvgIpc) is 2.52. The summed E-state index contributed by atoms with van der Waals surface area (Å²) >= 11 is 0. The topological polar surface area (TPSA) is 111 Å². The zero-order valence-corrected chi connectivity index (χ0v) is 12.7. The summed E-state index contributed by atoms with van der Waals surface area (Å²) in [4.78, 5) is 33.9. The predicted molar refractivity (Wildman–Crippen MR) is 80.4 cm³/mol. The van der Waals surface area contributed by atoms with Gasteiger partial charge in [-0.15, -0.1) is 5.43 Å². The predicted octanol–water partition coefficient (Wildman–Crippen LogP) is 2.38. The fraction of sp³-hybridized carbons (Fsp3) is 0.286. The quantitative estimate of drug-likeness (QED) is 0.658. The Labute approximate surface area is 132 Å². The zero-order valence-electron chi connectivity index (χ0n) is 12.7. The number of carbonyl (C=O) groups excluding carboxylic acids is 2. The molecule has 9 heteroatoms. The second-order valence-electron chi connectivity index (χ2n) is 4.04. The van der Waals surface area contributed by atoms with Gasteiger partial charge in [0.25, 0.3) is 0 Å². The summed E-state index contributed by atoms with van der Waals surface area (Å²) in [7, 11) is 0. The van der Waals surface area contributed by atoms with Crippen molar-refractivity contribution in [3.63, 3.8) is 0 Å². The monoisotopic (exact) mass is 323 g/mol. The molecule has 1 aromatic carbocycles. The van der Waals surface area contributed by atoms with Gasteiger partial charge in [-0.25, -0.2) is 4.79 Å². The smallest absolute Gasteiger partial charge is 0.448 e. The molecule has 0 saturated heterocycles. The van der Waals surface area contributed by atoms with E-state index in [0.717, 1.165) is 6.08 Å². The second kappa shape index (κ2) is 9.03. The number of carbonyl (C=O) groups is 2. The Hall–Kier alpha value is -3.10. The first-order valence-electron chi connectivity index (χ1n) is 6.81. The van der Waals surface area contributed by atoms with Crippen molar-refractivity contribution in [1.29, 1.82) is 0 Å². The molecule has 0 radical (unpaired) electrons. The van der Waals surface area contributed by atoms with Crippen LogP contribution in [0.3, 0.4) is 0 Å². The van der Waals surface area contributed by atoms with E-state index in [2.05, 4.69) is 4.74 Å². The largest absolute Gasteiger partial charge is 0.531 e. The Balaban J connectivity index is 3.16. The Morgan fingerprint density at radius 2 is 1.83 bits per heavy atom. The van der Waals surface area contributed by atoms with Crippen LogP contribution in [0.25, 0.3) is 6.08 Å². The summed E-state index contributed by atoms with van der Waals surface area (Å²) in [5, 5.41) is 11.7. The molecule has 124 valence electrons. The third-order valence-corrected chi connectivity index (χ3v) is 2.44. The minimum absolute atomic E-state index is 0.0177. The van der Waals surface area contributed by atoms with E-state index in [9.17, 15) is 19.7 Å². The molecule has 0 spiro atoms. The molecule has 23 heavy (non-hydrogen) atoms. The number of ether oxygens (including phenoxy) is 2. The van der Waals surface area contributed by atoms with Crippen LogP contribution < -0.4 is 5.43 Å². The van der Waals surface area contributed by atoms with Gasteiger partial charge in [-0.05, 0) is 29.3 Å². The average molecular weight is 323 g/mol. The summed E-state index contributed by atoms with van der Waals surface area (Å²) in [5.74, 6) is -0.678. The van der Waals surface area contributed by atoms with E-state index in [1.165, 1.54) is 6.92 Å². The minimum Gasteiger partial charge on any atom is -0.448 e. The molecule has 1 N–H and O–H groups in total. The summed E-state index contributed by atoms with van der Waals surface area (Å²) in [6.07, 6.45) is -0.982. The first-order chi connectivity index (χ1) is 11.0. The van der Waals surface area contributed by atoms with Gasteiger partial charge in [-0.1, -0.05) is 30.3 Å². The molecule has 0 aliphatic heterocycles. The van der Waals surface area contributed by atoms with Crippen LogP contribution in [0.1, 0.15) is 19.4 Å². The molecule has 2 amide bonds. The van der Waals surface area contributed by atoms with Gasteiger partial charge in [-0.2, -0.15) is 4.79 Å². The molecule has 0 bridgehead atoms. The first kappa shape index (κ1) is 18.0. The van der Waals surface area contributed by atoms with E-state index in [-0.39, 0.29) is 13.2 Å². The van der Waals surface area contributed by atoms with Crippen molar-refractivity contribution >= 4 is 18.3 Å². The lowest BCUT2D eigenvalue weighted by Crippen LogP contribution is -2.47. The summed E-state index contributed by atoms with van der Waals surface area (Å²) in [6, 6.07) is 8.31. The van der Waals surface area contributed by atoms with Crippen molar-refractivity contribution in [2.45, 2.75) is 13.8 Å². The summed E-state index contributed by atoms with van der Waals surface area (Å²) < 4.78 is 9.35. The van der Waals surface area contributed by atoms with E-state index in [1.54, 1.807) is 37.3 Å². The summed E-state index contributed by atoms with van der Waals surface area (Å²) in [5.41, 5.74) is 2.46. The highest BCUT2D eigenvalue weighted by Gasteiger charge is 2.34. The van der Waals surface area contributed by atoms with Gasteiger partial charge in [0.15, 0.2) is 0 Å². The minimum atomic E-state index is -1.10. The molecule has 0 aliphatic rings. The van der Waals surface area contributed by atoms with Gasteiger partial charge in [0, 0.05) is 6.08 Å². The molecule has 0 aliphatic carbocycles. The number of hydrogen-bond donors (Lipinski definition) is 1. The fourth-order valence-electron chi connectivity index (χ4n) is 1.54. The number of benzene rings is 1. The van der Waals surface area contributed by atoms with E-state index in [1.807, 2.05) is 5.43 Å². The molecular weight excluding hydrogens is 306 g/mol. The summed E-state index contributed by atoms with van der Waals surface area (Å²) in [6.45, 7) is 3.12. The van der Waals surface area contributed by atoms with E-state index in [4.69, 9.17) is 4.74 Å². The SMILES string of the molecule is CCOC(=O)NN(C(=O)OCC)/C(=C\c1ccccc1)[N+](=O)[O-]. The number of nitrogens with zero attached hydrogens (tertiary/aromatic N) is 2. The molecule has 1 aromatic rings. The standard InChI is InChI=1S/C14H17N3O6/c1-3-22-13(18)15-16(14(19)23-4-2)12(17(20)21)10-11-8-6-5-7-9-11/h5-10H,3-4H2,1-2H3,(H,15,18)/b12-10+. The van der Waals surface area contributed by atoms with Crippen molar-refractivity contribution < 1.29 is 24.0 Å². The zero-order chi connectivity index (χ0) is 17.2. The van der Waals surface area contributed by atoms with Crippen molar-refractivity contribution in [2.24, 2.45) is 0 Å². The van der Waals surface area contributed by atoms with Crippen LogP contribution in [0.5, 0.6) is 0 Å². The van der Waals surface area contributed by atoms with Crippen molar-refractivity contribution in [2.75, 3.05) is 13.2 Å². The number of amides is 2. The molecular formula is C14H17N3O6. The molecule has 0 heterocycles. The maximum atomic E-state index is 11.9. The number of hydrazine groups is 1. The highest BCUT2D eigenvalue weighted by atomic mass is 16.6. The highest BCUT2D eigenvalue weighted by molar-refractivity contribution is 5.76. The van der Waals surface area contributed by atoms with E-state index in [0.29, 0.717) is 10.6 Å². The Morgan fingerprint density at radius 1 is 1.22 bits per heavy atom. The maximum absolute atomic E-state index is 11.9. The van der Waals surface area contributed by atoms with Crippen LogP contribution in [0.2, 0.25) is 0 Å². The Morgan fingerprint density at radius 3 is 2.35 bits per heavy atom. The van der Waals surface area contributed by atoms with Gasteiger partial charge in [0.1, 0.15) is 0 Å². The number of rotatable bonds is 5. The first-order valence-corrected chi connectivity index (χ1v) is 6.81. The van der Waals surface area contributed by atoms with Gasteiger partial charge in [0.05, 0.1) is 13.2 Å². The fourth-order valence-corrected chi connectivity index (χ4v) is 1.54. The number of nitro groups is 1. The second-order valence-corrected chi connectivity index (χ2v) is 4.04. The van der Waals surface area contributed by atoms with Gasteiger partial charge in [0.2, 0.25) is 0 Å². The van der Waals surface area contributed by atoms with Gasteiger partial charge in [-0.3, -0.25) is 0 Å². The molecule has 0 saturated carbocycles. The lowest BCUT2D eigenvalue weighted by molar-refractivity contribution is -0.443. The molecule has 1 rings (SSSR count). The molecule has 0 atom stereocenters. The van der Waals surface area contributed by atoms with E-state index < -0.39 is 22.9 Å². The molecule has 0 aromatic heterocycles. The third-order valence-electron chi connectivity index (χ3n) is 2.44. The molecule has 0 unspecified atom stereocenters. The van der Waals surface area contributed by atoms with Crippen LogP contribution >= 0.6 is 0 Å². The van der Waals surface area contributed by atoms with Gasteiger partial charge >= 0.3 is 18.0 Å².